The molecule has 2 aliphatic rings. The number of hydrogen-bond acceptors (Lipinski definition) is 8. The summed E-state index contributed by atoms with van der Waals surface area (Å²) < 4.78 is 6.66. The minimum atomic E-state index is -0.618. The summed E-state index contributed by atoms with van der Waals surface area (Å²) in [5.41, 5.74) is 9.35. The Bertz CT molecular complexity index is 738. The van der Waals surface area contributed by atoms with Crippen LogP contribution in [0.4, 0.5) is 0 Å². The van der Waals surface area contributed by atoms with Crippen molar-refractivity contribution in [1.82, 2.24) is 9.88 Å². The molecule has 9 heteroatoms. The summed E-state index contributed by atoms with van der Waals surface area (Å²) in [5.74, 6) is 0.627. The summed E-state index contributed by atoms with van der Waals surface area (Å²) >= 11 is 4.82. The molecule has 0 aliphatic carbocycles. The van der Waals surface area contributed by atoms with Crippen LogP contribution in [0.25, 0.3) is 0 Å². The van der Waals surface area contributed by atoms with Gasteiger partial charge in [0.2, 0.25) is 5.91 Å². The van der Waals surface area contributed by atoms with E-state index in [-0.39, 0.29) is 11.3 Å². The first-order valence-electron chi connectivity index (χ1n) is 7.87. The van der Waals surface area contributed by atoms with E-state index in [4.69, 9.17) is 10.5 Å². The van der Waals surface area contributed by atoms with Crippen molar-refractivity contribution >= 4 is 46.7 Å². The lowest BCUT2D eigenvalue weighted by atomic mass is 10.0. The van der Waals surface area contributed by atoms with Gasteiger partial charge in [0.25, 0.3) is 0 Å². The highest BCUT2D eigenvalue weighted by Gasteiger charge is 2.52. The van der Waals surface area contributed by atoms with E-state index in [0.717, 1.165) is 15.5 Å². The largest absolute Gasteiger partial charge is 0.455 e. The number of rotatable bonds is 4. The Morgan fingerprint density at radius 3 is 2.84 bits per heavy atom. The van der Waals surface area contributed by atoms with Crippen molar-refractivity contribution in [2.75, 3.05) is 11.5 Å². The van der Waals surface area contributed by atoms with E-state index in [1.807, 2.05) is 33.2 Å². The maximum atomic E-state index is 12.8. The van der Waals surface area contributed by atoms with Crippen LogP contribution in [0.2, 0.25) is 0 Å². The number of aromatic nitrogens is 1. The molecule has 136 valence electrons. The van der Waals surface area contributed by atoms with Gasteiger partial charge in [-0.2, -0.15) is 0 Å². The van der Waals surface area contributed by atoms with Gasteiger partial charge in [0.05, 0.1) is 15.4 Å². The molecule has 3 heterocycles. The van der Waals surface area contributed by atoms with Gasteiger partial charge >= 0.3 is 5.97 Å². The molecule has 0 spiro atoms. The van der Waals surface area contributed by atoms with Crippen molar-refractivity contribution in [3.8, 4) is 0 Å². The van der Waals surface area contributed by atoms with Crippen LogP contribution in [0.15, 0.2) is 21.0 Å². The molecule has 0 saturated carbocycles. The lowest BCUT2D eigenvalue weighted by Gasteiger charge is -2.48. The van der Waals surface area contributed by atoms with Crippen LogP contribution in [0, 0.1) is 6.92 Å². The molecule has 0 aromatic carbocycles. The Morgan fingerprint density at radius 1 is 1.52 bits per heavy atom. The van der Waals surface area contributed by atoms with E-state index in [0.29, 0.717) is 17.2 Å². The van der Waals surface area contributed by atoms with Crippen LogP contribution < -0.4 is 5.73 Å². The monoisotopic (exact) mass is 399 g/mol. The maximum Gasteiger partial charge on any atom is 0.355 e. The number of β-lactam (4-membered cyclic amide) rings is 1. The number of ether oxygens (including phenoxy) is 1. The van der Waals surface area contributed by atoms with Crippen molar-refractivity contribution < 1.29 is 14.3 Å². The summed E-state index contributed by atoms with van der Waals surface area (Å²) in [4.78, 5) is 30.8. The number of nitrogens with zero attached hydrogens (tertiary/aromatic N) is 2. The van der Waals surface area contributed by atoms with Gasteiger partial charge in [-0.15, -0.1) is 34.9 Å². The van der Waals surface area contributed by atoms with E-state index in [9.17, 15) is 9.59 Å². The molecule has 1 unspecified atom stereocenters. The van der Waals surface area contributed by atoms with E-state index in [2.05, 4.69) is 4.98 Å². The van der Waals surface area contributed by atoms with Crippen LogP contribution in [0.5, 0.6) is 0 Å². The van der Waals surface area contributed by atoms with Crippen molar-refractivity contribution in [2.24, 2.45) is 5.73 Å². The normalized spacial score (nSPS) is 23.4. The molecule has 1 aromatic rings. The molecule has 0 bridgehead atoms. The maximum absolute atomic E-state index is 12.8. The number of nitrogens with two attached hydrogens (primary N) is 1. The third-order valence-corrected chi connectivity index (χ3v) is 7.53. The van der Waals surface area contributed by atoms with Crippen LogP contribution in [-0.2, 0) is 14.3 Å². The van der Waals surface area contributed by atoms with Gasteiger partial charge in [-0.05, 0) is 33.3 Å². The zero-order valence-electron chi connectivity index (χ0n) is 14.6. The van der Waals surface area contributed by atoms with Gasteiger partial charge in [-0.1, -0.05) is 0 Å². The van der Waals surface area contributed by atoms with E-state index >= 15 is 0 Å². The Hall–Kier alpha value is -1.03. The van der Waals surface area contributed by atoms with Gasteiger partial charge in [0.15, 0.2) is 0 Å². The number of amides is 1. The second-order valence-corrected chi connectivity index (χ2v) is 10.1. The Labute approximate surface area is 159 Å². The average molecular weight is 400 g/mol. The first-order valence-corrected chi connectivity index (χ1v) is 10.8. The average Bonchev–Trinajstić information content (AvgIpc) is 2.94. The lowest BCUT2D eigenvalue weighted by Crippen LogP contribution is -2.68. The van der Waals surface area contributed by atoms with Crippen LogP contribution >= 0.6 is 34.9 Å². The number of thiazole rings is 1. The van der Waals surface area contributed by atoms with Crippen LogP contribution in [0.1, 0.15) is 26.5 Å². The quantitative estimate of drug-likeness (QED) is 0.473. The predicted octanol–water partition coefficient (Wildman–Crippen LogP) is 2.38. The number of carbonyl (C=O) groups is 2. The minimum absolute atomic E-state index is 0.172. The molecule has 2 atom stereocenters. The molecule has 1 saturated heterocycles. The second kappa shape index (κ2) is 6.94. The van der Waals surface area contributed by atoms with E-state index < -0.39 is 17.6 Å². The van der Waals surface area contributed by atoms with Crippen molar-refractivity contribution in [3.63, 3.8) is 0 Å². The molecule has 0 radical (unpaired) electrons. The van der Waals surface area contributed by atoms with Gasteiger partial charge < -0.3 is 10.5 Å². The minimum Gasteiger partial charge on any atom is -0.455 e. The fourth-order valence-corrected chi connectivity index (χ4v) is 5.92. The zero-order chi connectivity index (χ0) is 18.4. The molecule has 25 heavy (non-hydrogen) atoms. The number of hydrogen-bond donors (Lipinski definition) is 1. The molecule has 1 amide bonds. The van der Waals surface area contributed by atoms with Crippen LogP contribution in [0.3, 0.4) is 0 Å². The van der Waals surface area contributed by atoms with E-state index in [1.54, 1.807) is 34.9 Å². The second-order valence-electron chi connectivity index (χ2n) is 6.90. The Balaban J connectivity index is 1.87. The molecule has 2 aliphatic heterocycles. The lowest BCUT2D eigenvalue weighted by molar-refractivity contribution is -0.157. The number of carbonyl (C=O) groups excluding carboxylic acids is 2. The fourth-order valence-electron chi connectivity index (χ4n) is 2.59. The topological polar surface area (TPSA) is 85.5 Å². The Morgan fingerprint density at radius 2 is 2.24 bits per heavy atom. The standard InChI is InChI=1S/C16H21N3O3S3/c1-8-15(25-7-18-8)24-6-9-5-23-13-10(17)12(20)19(13)11(9)14(21)22-16(2,3)4/h7,10,13H,5-6,17H2,1-4H3/t10?,13-/m0/s1. The predicted molar refractivity (Wildman–Crippen MR) is 102 cm³/mol. The molecular weight excluding hydrogens is 378 g/mol. The van der Waals surface area contributed by atoms with Crippen LogP contribution in [-0.4, -0.2) is 50.3 Å². The summed E-state index contributed by atoms with van der Waals surface area (Å²) in [6.07, 6.45) is 0. The fraction of sp³-hybridized carbons (Fsp3) is 0.562. The first-order chi connectivity index (χ1) is 11.7. The number of fused-ring (bicyclic) bond motifs is 1. The summed E-state index contributed by atoms with van der Waals surface area (Å²) in [6, 6.07) is -0.541. The van der Waals surface area contributed by atoms with E-state index in [1.165, 1.54) is 4.90 Å². The van der Waals surface area contributed by atoms with Gasteiger partial charge in [-0.25, -0.2) is 9.78 Å². The van der Waals surface area contributed by atoms with Gasteiger partial charge in [-0.3, -0.25) is 9.69 Å². The number of esters is 1. The first kappa shape index (κ1) is 18.8. The molecule has 6 nitrogen and oxygen atoms in total. The molecule has 2 N–H and O–H groups in total. The van der Waals surface area contributed by atoms with Crippen molar-refractivity contribution in [2.45, 2.75) is 48.9 Å². The summed E-state index contributed by atoms with van der Waals surface area (Å²) in [6.45, 7) is 7.42. The number of thioether (sulfide) groups is 2. The highest BCUT2D eigenvalue weighted by Crippen LogP contribution is 2.42. The summed E-state index contributed by atoms with van der Waals surface area (Å²) in [7, 11) is 0. The van der Waals surface area contributed by atoms with Crippen molar-refractivity contribution in [3.05, 3.63) is 22.5 Å². The highest BCUT2D eigenvalue weighted by molar-refractivity contribution is 8.02. The molecule has 1 aromatic heterocycles. The van der Waals surface area contributed by atoms with Gasteiger partial charge in [0.1, 0.15) is 22.7 Å². The zero-order valence-corrected chi connectivity index (χ0v) is 17.0. The molecule has 1 fully saturated rings. The number of aryl methyl sites for hydroxylation is 1. The highest BCUT2D eigenvalue weighted by atomic mass is 32.2. The third kappa shape index (κ3) is 3.74. The summed E-state index contributed by atoms with van der Waals surface area (Å²) in [5, 5.41) is -0.172. The molecular formula is C16H21N3O3S3. The van der Waals surface area contributed by atoms with Gasteiger partial charge in [0, 0.05) is 11.5 Å². The SMILES string of the molecule is Cc1ncsc1SCC1=C(C(=O)OC(C)(C)C)N2C(=O)C(N)[C@@H]2SC1. The smallest absolute Gasteiger partial charge is 0.355 e. The van der Waals surface area contributed by atoms with Crippen molar-refractivity contribution in [1.29, 1.82) is 0 Å². The third-order valence-electron chi connectivity index (χ3n) is 3.76. The molecule has 3 rings (SSSR count). The Kier molecular flexibility index (Phi) is 5.21.